The van der Waals surface area contributed by atoms with Crippen molar-refractivity contribution in [2.24, 2.45) is 0 Å². The fourth-order valence-corrected chi connectivity index (χ4v) is 2.23. The molecule has 2 N–H and O–H groups in total. The molecule has 22 heavy (non-hydrogen) atoms. The first-order valence-corrected chi connectivity index (χ1v) is 7.25. The zero-order chi connectivity index (χ0) is 16.2. The van der Waals surface area contributed by atoms with Crippen molar-refractivity contribution in [3.63, 3.8) is 0 Å². The number of urea groups is 1. The molecule has 116 valence electrons. The molecule has 0 aliphatic carbocycles. The van der Waals surface area contributed by atoms with Gasteiger partial charge < -0.3 is 10.6 Å². The molecule has 2 aromatic rings. The minimum absolute atomic E-state index is 0.0740. The number of nitrogens with one attached hydrogen (secondary N) is 2. The third-order valence-corrected chi connectivity index (χ3v) is 3.38. The molecule has 0 radical (unpaired) electrons. The number of benzene rings is 2. The highest BCUT2D eigenvalue weighted by molar-refractivity contribution is 5.90. The molecule has 0 aliphatic heterocycles. The number of para-hydroxylation sites is 1. The summed E-state index contributed by atoms with van der Waals surface area (Å²) >= 11 is 0. The Balaban J connectivity index is 2.03. The minimum atomic E-state index is -0.347. The third kappa shape index (κ3) is 4.07. The van der Waals surface area contributed by atoms with Crippen LogP contribution >= 0.6 is 0 Å². The Morgan fingerprint density at radius 2 is 1.68 bits per heavy atom. The fraction of sp³-hybridized carbons (Fsp3) is 0.278. The van der Waals surface area contributed by atoms with Crippen molar-refractivity contribution in [2.45, 2.75) is 32.7 Å². The van der Waals surface area contributed by atoms with Gasteiger partial charge in [0.2, 0.25) is 0 Å². The van der Waals surface area contributed by atoms with Crippen LogP contribution in [0.2, 0.25) is 0 Å². The van der Waals surface area contributed by atoms with Crippen LogP contribution in [0, 0.1) is 5.82 Å². The van der Waals surface area contributed by atoms with E-state index in [1.807, 2.05) is 24.3 Å². The zero-order valence-corrected chi connectivity index (χ0v) is 13.1. The monoisotopic (exact) mass is 300 g/mol. The maximum atomic E-state index is 13.5. The molecule has 0 spiro atoms. The second kappa shape index (κ2) is 6.60. The van der Waals surface area contributed by atoms with E-state index in [1.165, 1.54) is 6.07 Å². The van der Waals surface area contributed by atoms with E-state index in [4.69, 9.17) is 0 Å². The van der Waals surface area contributed by atoms with E-state index < -0.39 is 0 Å². The molecule has 0 atom stereocenters. The summed E-state index contributed by atoms with van der Waals surface area (Å²) in [6.07, 6.45) is 0. The molecule has 2 rings (SSSR count). The van der Waals surface area contributed by atoms with E-state index in [0.717, 1.165) is 11.3 Å². The zero-order valence-electron chi connectivity index (χ0n) is 13.1. The highest BCUT2D eigenvalue weighted by Crippen LogP contribution is 2.29. The van der Waals surface area contributed by atoms with Crippen molar-refractivity contribution in [2.75, 3.05) is 5.32 Å². The van der Waals surface area contributed by atoms with E-state index in [9.17, 15) is 9.18 Å². The van der Waals surface area contributed by atoms with Crippen molar-refractivity contribution in [1.29, 1.82) is 0 Å². The molecule has 2 amide bonds. The van der Waals surface area contributed by atoms with Gasteiger partial charge >= 0.3 is 6.03 Å². The second-order valence-corrected chi connectivity index (χ2v) is 6.19. The Labute approximate surface area is 130 Å². The molecule has 0 unspecified atom stereocenters. The number of halogens is 1. The molecular formula is C18H21FN2O. The molecule has 3 nitrogen and oxygen atoms in total. The molecular weight excluding hydrogens is 279 g/mol. The standard InChI is InChI=1S/C18H21FN2O/c1-18(2,3)14-9-5-7-11-16(14)21-17(22)20-12-13-8-4-6-10-15(13)19/h4-11H,12H2,1-3H3,(H2,20,21,22). The lowest BCUT2D eigenvalue weighted by Crippen LogP contribution is -2.29. The molecule has 0 saturated heterocycles. The van der Waals surface area contributed by atoms with E-state index in [-0.39, 0.29) is 23.8 Å². The van der Waals surface area contributed by atoms with Crippen LogP contribution in [0.25, 0.3) is 0 Å². The summed E-state index contributed by atoms with van der Waals surface area (Å²) in [5, 5.41) is 5.51. The van der Waals surface area contributed by atoms with Crippen LogP contribution < -0.4 is 10.6 Å². The summed E-state index contributed by atoms with van der Waals surface area (Å²) in [6.45, 7) is 6.41. The quantitative estimate of drug-likeness (QED) is 0.864. The van der Waals surface area contributed by atoms with Crippen LogP contribution in [0.4, 0.5) is 14.9 Å². The Morgan fingerprint density at radius 1 is 1.05 bits per heavy atom. The number of hydrogen-bond acceptors (Lipinski definition) is 1. The molecule has 0 aromatic heterocycles. The predicted molar refractivity (Wildman–Crippen MR) is 87.4 cm³/mol. The minimum Gasteiger partial charge on any atom is -0.334 e. The summed E-state index contributed by atoms with van der Waals surface area (Å²) in [5.74, 6) is -0.321. The second-order valence-electron chi connectivity index (χ2n) is 6.19. The molecule has 0 bridgehead atoms. The molecule has 4 heteroatoms. The van der Waals surface area contributed by atoms with E-state index >= 15 is 0 Å². The molecule has 0 saturated carbocycles. The summed E-state index contributed by atoms with van der Waals surface area (Å²) in [7, 11) is 0. The summed E-state index contributed by atoms with van der Waals surface area (Å²) in [6, 6.07) is 13.7. The van der Waals surface area contributed by atoms with Crippen LogP contribution in [0.5, 0.6) is 0 Å². The highest BCUT2D eigenvalue weighted by Gasteiger charge is 2.18. The maximum absolute atomic E-state index is 13.5. The lowest BCUT2D eigenvalue weighted by molar-refractivity contribution is 0.251. The van der Waals surface area contributed by atoms with Crippen LogP contribution in [0.1, 0.15) is 31.9 Å². The lowest BCUT2D eigenvalue weighted by Gasteiger charge is -2.23. The van der Waals surface area contributed by atoms with Gasteiger partial charge in [-0.2, -0.15) is 0 Å². The van der Waals surface area contributed by atoms with Gasteiger partial charge in [0.25, 0.3) is 0 Å². The SMILES string of the molecule is CC(C)(C)c1ccccc1NC(=O)NCc1ccccc1F. The van der Waals surface area contributed by atoms with Crippen LogP contribution in [0.15, 0.2) is 48.5 Å². The summed E-state index contributed by atoms with van der Waals surface area (Å²) in [5.41, 5.74) is 2.20. The van der Waals surface area contributed by atoms with Gasteiger partial charge in [-0.3, -0.25) is 0 Å². The number of hydrogen-bond donors (Lipinski definition) is 2. The van der Waals surface area contributed by atoms with Gasteiger partial charge in [0.05, 0.1) is 0 Å². The van der Waals surface area contributed by atoms with Gasteiger partial charge in [-0.1, -0.05) is 57.2 Å². The Morgan fingerprint density at radius 3 is 2.36 bits per heavy atom. The highest BCUT2D eigenvalue weighted by atomic mass is 19.1. The van der Waals surface area contributed by atoms with Crippen molar-refractivity contribution in [3.8, 4) is 0 Å². The number of carbonyl (C=O) groups is 1. The average Bonchev–Trinajstić information content (AvgIpc) is 2.46. The topological polar surface area (TPSA) is 41.1 Å². The smallest absolute Gasteiger partial charge is 0.319 e. The maximum Gasteiger partial charge on any atom is 0.319 e. The van der Waals surface area contributed by atoms with Crippen LogP contribution in [-0.4, -0.2) is 6.03 Å². The van der Waals surface area contributed by atoms with Gasteiger partial charge in [0.1, 0.15) is 5.82 Å². The van der Waals surface area contributed by atoms with Gasteiger partial charge in [-0.05, 0) is 23.1 Å². The van der Waals surface area contributed by atoms with Crippen molar-refractivity contribution >= 4 is 11.7 Å². The van der Waals surface area contributed by atoms with Crippen LogP contribution in [-0.2, 0) is 12.0 Å². The van der Waals surface area contributed by atoms with E-state index in [1.54, 1.807) is 18.2 Å². The van der Waals surface area contributed by atoms with Gasteiger partial charge in [-0.25, -0.2) is 9.18 Å². The number of carbonyl (C=O) groups excluding carboxylic acids is 1. The van der Waals surface area contributed by atoms with Crippen molar-refractivity contribution in [3.05, 3.63) is 65.5 Å². The number of anilines is 1. The van der Waals surface area contributed by atoms with E-state index in [0.29, 0.717) is 5.56 Å². The van der Waals surface area contributed by atoms with Gasteiger partial charge in [0.15, 0.2) is 0 Å². The fourth-order valence-electron chi connectivity index (χ4n) is 2.23. The number of rotatable bonds is 3. The summed E-state index contributed by atoms with van der Waals surface area (Å²) in [4.78, 5) is 12.0. The predicted octanol–water partition coefficient (Wildman–Crippen LogP) is 4.44. The Bertz CT molecular complexity index is 662. The molecule has 0 heterocycles. The largest absolute Gasteiger partial charge is 0.334 e. The summed E-state index contributed by atoms with van der Waals surface area (Å²) < 4.78 is 13.5. The van der Waals surface area contributed by atoms with Crippen molar-refractivity contribution < 1.29 is 9.18 Å². The first kappa shape index (κ1) is 16.0. The third-order valence-electron chi connectivity index (χ3n) is 3.38. The first-order valence-electron chi connectivity index (χ1n) is 7.25. The molecule has 0 fully saturated rings. The van der Waals surface area contributed by atoms with Gasteiger partial charge in [-0.15, -0.1) is 0 Å². The number of amides is 2. The van der Waals surface area contributed by atoms with Gasteiger partial charge in [0, 0.05) is 17.8 Å². The van der Waals surface area contributed by atoms with Crippen LogP contribution in [0.3, 0.4) is 0 Å². The van der Waals surface area contributed by atoms with Crippen molar-refractivity contribution in [1.82, 2.24) is 5.32 Å². The first-order chi connectivity index (χ1) is 10.4. The lowest BCUT2D eigenvalue weighted by atomic mass is 9.86. The Hall–Kier alpha value is -2.36. The molecule has 2 aromatic carbocycles. The molecule has 0 aliphatic rings. The van der Waals surface area contributed by atoms with E-state index in [2.05, 4.69) is 31.4 Å². The normalized spacial score (nSPS) is 11.1. The Kier molecular flexibility index (Phi) is 4.81. The average molecular weight is 300 g/mol.